The van der Waals surface area contributed by atoms with Crippen LogP contribution in [0.2, 0.25) is 0 Å². The van der Waals surface area contributed by atoms with Crippen LogP contribution in [0.25, 0.3) is 0 Å². The van der Waals surface area contributed by atoms with E-state index in [0.717, 1.165) is 18.4 Å². The Kier molecular flexibility index (Phi) is 3.33. The third kappa shape index (κ3) is 2.26. The topological polar surface area (TPSA) is 46.4 Å². The summed E-state index contributed by atoms with van der Waals surface area (Å²) >= 11 is 1.67. The van der Waals surface area contributed by atoms with Gasteiger partial charge in [-0.3, -0.25) is 10.1 Å². The van der Waals surface area contributed by atoms with Gasteiger partial charge in [-0.25, -0.2) is 4.39 Å². The molecular formula is C11H11FN2O2S. The van der Waals surface area contributed by atoms with Crippen molar-refractivity contribution in [3.05, 3.63) is 46.8 Å². The molecule has 0 amide bonds. The molecule has 4 nitrogen and oxygen atoms in total. The minimum atomic E-state index is -0.601. The fourth-order valence-electron chi connectivity index (χ4n) is 1.78. The molecule has 1 aliphatic rings. The van der Waals surface area contributed by atoms with Crippen molar-refractivity contribution in [3.8, 4) is 0 Å². The predicted molar refractivity (Wildman–Crippen MR) is 66.8 cm³/mol. The van der Waals surface area contributed by atoms with Gasteiger partial charge in [-0.1, -0.05) is 6.08 Å². The smallest absolute Gasteiger partial charge is 0.272 e. The SMILES string of the molecule is C=CC1SCCN1c1ccc([N+](=O)[O-])cc1F. The van der Waals surface area contributed by atoms with Gasteiger partial charge in [0.05, 0.1) is 22.1 Å². The second-order valence-corrected chi connectivity index (χ2v) is 4.81. The number of rotatable bonds is 3. The van der Waals surface area contributed by atoms with E-state index in [4.69, 9.17) is 0 Å². The highest BCUT2D eigenvalue weighted by Crippen LogP contribution is 2.33. The first-order valence-electron chi connectivity index (χ1n) is 5.08. The summed E-state index contributed by atoms with van der Waals surface area (Å²) in [5, 5.41) is 10.5. The van der Waals surface area contributed by atoms with Crippen molar-refractivity contribution in [2.75, 3.05) is 17.2 Å². The van der Waals surface area contributed by atoms with Crippen molar-refractivity contribution >= 4 is 23.1 Å². The first kappa shape index (κ1) is 11.9. The highest BCUT2D eigenvalue weighted by molar-refractivity contribution is 8.00. The Morgan fingerprint density at radius 2 is 2.41 bits per heavy atom. The second kappa shape index (κ2) is 4.75. The Morgan fingerprint density at radius 3 is 3.00 bits per heavy atom. The van der Waals surface area contributed by atoms with E-state index in [1.807, 2.05) is 4.90 Å². The fourth-order valence-corrected chi connectivity index (χ4v) is 2.86. The van der Waals surface area contributed by atoms with E-state index in [-0.39, 0.29) is 11.1 Å². The van der Waals surface area contributed by atoms with Crippen molar-refractivity contribution in [1.82, 2.24) is 0 Å². The van der Waals surface area contributed by atoms with Crippen LogP contribution in [-0.2, 0) is 0 Å². The molecule has 0 spiro atoms. The van der Waals surface area contributed by atoms with Crippen LogP contribution in [0, 0.1) is 15.9 Å². The molecule has 6 heteroatoms. The molecule has 1 aliphatic heterocycles. The van der Waals surface area contributed by atoms with Crippen LogP contribution in [0.1, 0.15) is 0 Å². The second-order valence-electron chi connectivity index (χ2n) is 3.58. The number of nitro benzene ring substituents is 1. The summed E-state index contributed by atoms with van der Waals surface area (Å²) in [7, 11) is 0. The van der Waals surface area contributed by atoms with Gasteiger partial charge in [0, 0.05) is 18.4 Å². The number of anilines is 1. The van der Waals surface area contributed by atoms with E-state index in [1.54, 1.807) is 17.8 Å². The third-order valence-corrected chi connectivity index (χ3v) is 3.79. The number of hydrogen-bond acceptors (Lipinski definition) is 4. The lowest BCUT2D eigenvalue weighted by Gasteiger charge is -2.23. The lowest BCUT2D eigenvalue weighted by molar-refractivity contribution is -0.385. The molecule has 1 heterocycles. The fraction of sp³-hybridized carbons (Fsp3) is 0.273. The van der Waals surface area contributed by atoms with Crippen LogP contribution >= 0.6 is 11.8 Å². The summed E-state index contributed by atoms with van der Waals surface area (Å²) in [6.07, 6.45) is 1.75. The molecule has 1 aromatic rings. The summed E-state index contributed by atoms with van der Waals surface area (Å²) in [6.45, 7) is 4.42. The molecule has 2 rings (SSSR count). The highest BCUT2D eigenvalue weighted by Gasteiger charge is 2.25. The van der Waals surface area contributed by atoms with E-state index in [9.17, 15) is 14.5 Å². The van der Waals surface area contributed by atoms with Gasteiger partial charge in [-0.15, -0.1) is 18.3 Å². The van der Waals surface area contributed by atoms with Crippen LogP contribution < -0.4 is 4.90 Å². The lowest BCUT2D eigenvalue weighted by Crippen LogP contribution is -2.27. The van der Waals surface area contributed by atoms with Gasteiger partial charge in [-0.2, -0.15) is 0 Å². The summed E-state index contributed by atoms with van der Waals surface area (Å²) in [5.41, 5.74) is 0.166. The van der Waals surface area contributed by atoms with Gasteiger partial charge < -0.3 is 4.90 Å². The van der Waals surface area contributed by atoms with Gasteiger partial charge in [0.2, 0.25) is 0 Å². The molecular weight excluding hydrogens is 243 g/mol. The van der Waals surface area contributed by atoms with Crippen molar-refractivity contribution in [2.24, 2.45) is 0 Å². The molecule has 0 aliphatic carbocycles. The Morgan fingerprint density at radius 1 is 1.65 bits per heavy atom. The maximum absolute atomic E-state index is 13.8. The monoisotopic (exact) mass is 254 g/mol. The Hall–Kier alpha value is -1.56. The molecule has 0 radical (unpaired) electrons. The van der Waals surface area contributed by atoms with Crippen molar-refractivity contribution < 1.29 is 9.31 Å². The molecule has 0 N–H and O–H groups in total. The lowest BCUT2D eigenvalue weighted by atomic mass is 10.2. The average molecular weight is 254 g/mol. The summed E-state index contributed by atoms with van der Waals surface area (Å²) in [4.78, 5) is 11.8. The van der Waals surface area contributed by atoms with Gasteiger partial charge in [0.1, 0.15) is 0 Å². The molecule has 1 fully saturated rings. The number of hydrogen-bond donors (Lipinski definition) is 0. The normalized spacial score (nSPS) is 19.4. The summed E-state index contributed by atoms with van der Waals surface area (Å²) in [5.74, 6) is 0.334. The van der Waals surface area contributed by atoms with Gasteiger partial charge in [0.15, 0.2) is 5.82 Å². The average Bonchev–Trinajstić information content (AvgIpc) is 2.76. The van der Waals surface area contributed by atoms with Crippen LogP contribution in [-0.4, -0.2) is 22.6 Å². The van der Waals surface area contributed by atoms with E-state index in [0.29, 0.717) is 5.69 Å². The van der Waals surface area contributed by atoms with Crippen molar-refractivity contribution in [1.29, 1.82) is 0 Å². The van der Waals surface area contributed by atoms with Crippen LogP contribution in [0.5, 0.6) is 0 Å². The van der Waals surface area contributed by atoms with Gasteiger partial charge >= 0.3 is 0 Å². The maximum atomic E-state index is 13.8. The van der Waals surface area contributed by atoms with E-state index in [2.05, 4.69) is 6.58 Å². The quantitative estimate of drug-likeness (QED) is 0.472. The Balaban J connectivity index is 2.33. The highest BCUT2D eigenvalue weighted by atomic mass is 32.2. The van der Waals surface area contributed by atoms with Gasteiger partial charge in [-0.05, 0) is 6.07 Å². The van der Waals surface area contributed by atoms with Crippen LogP contribution in [0.4, 0.5) is 15.8 Å². The maximum Gasteiger partial charge on any atom is 0.272 e. The predicted octanol–water partition coefficient (Wildman–Crippen LogP) is 2.80. The van der Waals surface area contributed by atoms with Gasteiger partial charge in [0.25, 0.3) is 5.69 Å². The Labute approximate surface area is 102 Å². The number of nitro groups is 1. The van der Waals surface area contributed by atoms with E-state index < -0.39 is 10.7 Å². The zero-order valence-corrected chi connectivity index (χ0v) is 9.82. The number of nitrogens with zero attached hydrogens (tertiary/aromatic N) is 2. The van der Waals surface area contributed by atoms with E-state index >= 15 is 0 Å². The molecule has 90 valence electrons. The van der Waals surface area contributed by atoms with Crippen molar-refractivity contribution in [2.45, 2.75) is 5.37 Å². The molecule has 1 aromatic carbocycles. The standard InChI is InChI=1S/C11H11FN2O2S/c1-2-11-13(5-6-17-11)10-4-3-8(14(15)16)7-9(10)12/h2-4,7,11H,1,5-6H2. The zero-order valence-electron chi connectivity index (χ0n) is 9.01. The van der Waals surface area contributed by atoms with Crippen LogP contribution in [0.3, 0.4) is 0 Å². The summed E-state index contributed by atoms with van der Waals surface area (Å²) in [6, 6.07) is 3.73. The molecule has 1 saturated heterocycles. The van der Waals surface area contributed by atoms with Crippen molar-refractivity contribution in [3.63, 3.8) is 0 Å². The molecule has 1 unspecified atom stereocenters. The Bertz CT molecular complexity index is 467. The van der Waals surface area contributed by atoms with Crippen LogP contribution in [0.15, 0.2) is 30.9 Å². The molecule has 1 atom stereocenters. The molecule has 0 bridgehead atoms. The minimum Gasteiger partial charge on any atom is -0.353 e. The summed E-state index contributed by atoms with van der Waals surface area (Å²) < 4.78 is 13.8. The largest absolute Gasteiger partial charge is 0.353 e. The minimum absolute atomic E-state index is 0.0333. The number of non-ortho nitro benzene ring substituents is 1. The first-order chi connectivity index (χ1) is 8.13. The number of benzene rings is 1. The molecule has 0 aromatic heterocycles. The molecule has 0 saturated carbocycles. The number of thioether (sulfide) groups is 1. The third-order valence-electron chi connectivity index (χ3n) is 2.58. The van der Waals surface area contributed by atoms with E-state index in [1.165, 1.54) is 12.1 Å². The molecule has 17 heavy (non-hydrogen) atoms. The number of halogens is 1. The first-order valence-corrected chi connectivity index (χ1v) is 6.13. The zero-order chi connectivity index (χ0) is 12.4.